The molecule has 348 valence electrons. The Balaban J connectivity index is 0.00000625. The second kappa shape index (κ2) is 18.4. The monoisotopic (exact) mass is 925 g/mol. The van der Waals surface area contributed by atoms with Crippen LogP contribution in [0.1, 0.15) is 80.9 Å². The number of carbonyl (C=O) groups is 3. The Hall–Kier alpha value is -7.31. The molecule has 4 aromatic carbocycles. The fourth-order valence-corrected chi connectivity index (χ4v) is 13.2. The molecule has 0 atom stereocenters. The van der Waals surface area contributed by atoms with E-state index in [2.05, 4.69) is 41.9 Å². The largest absolute Gasteiger partial charge is 0.465 e. The third-order valence-electron chi connectivity index (χ3n) is 13.8. The number of carbonyl (C=O) groups excluding carboxylic acids is 3. The standard InChI is InChI=1S/C55H56N6O5Si.CH4/c1-31-25-32(9-19-40(31)51-44-21-11-34(56)27-49(44)67(7,8)50-28-35(57)12-22-45(50)51)53(62)58-36-13-15-37(16-14-36)59-54(63)33-10-20-41(46(26-33)55(64)65-6)52-42-23-17-38(60(2)3)29-47(42)66-48-30-39(61(4)5)18-24-43(48)52;/h9-12,17-30,36-37H,13-16H2,1-8H3,(H4-,56,57,58,59,62,63);1H4/p+1. The van der Waals surface area contributed by atoms with Crippen molar-refractivity contribution >= 4 is 64.7 Å². The molecular formula is C56H61N6O5Si+. The summed E-state index contributed by atoms with van der Waals surface area (Å²) in [6.45, 7) is 6.68. The van der Waals surface area contributed by atoms with Gasteiger partial charge in [-0.15, -0.1) is 0 Å². The van der Waals surface area contributed by atoms with E-state index >= 15 is 0 Å². The summed E-state index contributed by atoms with van der Waals surface area (Å²) in [5.41, 5.74) is 18.1. The molecule has 4 aromatic rings. The molecule has 11 nitrogen and oxygen atoms in total. The first-order chi connectivity index (χ1) is 32.0. The van der Waals surface area contributed by atoms with Crippen LogP contribution in [0, 0.1) is 12.3 Å². The number of nitrogens with zero attached hydrogens (tertiary/aromatic N) is 2. The number of benzene rings is 5. The summed E-state index contributed by atoms with van der Waals surface area (Å²) in [5, 5.41) is 19.2. The number of hydrogen-bond acceptors (Lipinski definition) is 8. The maximum absolute atomic E-state index is 13.9. The van der Waals surface area contributed by atoms with Gasteiger partial charge in [0.15, 0.2) is 0 Å². The summed E-state index contributed by atoms with van der Waals surface area (Å²) < 4.78 is 13.8. The maximum Gasteiger partial charge on any atom is 0.338 e. The number of nitrogen functional groups attached to an aromatic ring is 1. The van der Waals surface area contributed by atoms with E-state index in [1.54, 1.807) is 12.1 Å². The van der Waals surface area contributed by atoms with Crippen molar-refractivity contribution in [1.82, 2.24) is 15.2 Å². The topological polar surface area (TPSA) is 154 Å². The zero-order chi connectivity index (χ0) is 47.5. The van der Waals surface area contributed by atoms with Gasteiger partial charge < -0.3 is 35.8 Å². The molecule has 68 heavy (non-hydrogen) atoms. The molecule has 0 saturated heterocycles. The lowest BCUT2D eigenvalue weighted by Crippen LogP contribution is -2.49. The average molecular weight is 926 g/mol. The number of rotatable bonds is 8. The molecule has 12 heteroatoms. The van der Waals surface area contributed by atoms with Crippen molar-refractivity contribution in [3.63, 3.8) is 0 Å². The van der Waals surface area contributed by atoms with E-state index in [0.29, 0.717) is 59.4 Å². The van der Waals surface area contributed by atoms with Crippen molar-refractivity contribution in [2.75, 3.05) is 45.9 Å². The number of allylic oxidation sites excluding steroid dienone is 5. The van der Waals surface area contributed by atoms with Crippen LogP contribution in [0.15, 0.2) is 124 Å². The van der Waals surface area contributed by atoms with E-state index in [4.69, 9.17) is 20.3 Å². The minimum absolute atomic E-state index is 0. The Morgan fingerprint density at radius 1 is 0.794 bits per heavy atom. The van der Waals surface area contributed by atoms with Crippen LogP contribution in [0.25, 0.3) is 39.0 Å². The molecular weight excluding hydrogens is 865 g/mol. The molecule has 5 N–H and O–H groups in total. The molecule has 0 spiro atoms. The smallest absolute Gasteiger partial charge is 0.338 e. The molecule has 0 radical (unpaired) electrons. The van der Waals surface area contributed by atoms with Crippen molar-refractivity contribution < 1.29 is 23.5 Å². The van der Waals surface area contributed by atoms with Crippen LogP contribution in [0.2, 0.25) is 13.1 Å². The lowest BCUT2D eigenvalue weighted by Gasteiger charge is -2.38. The van der Waals surface area contributed by atoms with Crippen molar-refractivity contribution in [3.8, 4) is 22.5 Å². The highest BCUT2D eigenvalue weighted by atomic mass is 28.3. The fraction of sp³-hybridized carbons (Fsp3) is 0.268. The minimum Gasteiger partial charge on any atom is -0.465 e. The third-order valence-corrected chi connectivity index (χ3v) is 17.3. The minimum atomic E-state index is -2.15. The Kier molecular flexibility index (Phi) is 12.8. The number of ether oxygens (including phenoxy) is 1. The molecule has 0 bridgehead atoms. The molecule has 9 rings (SSSR count). The summed E-state index contributed by atoms with van der Waals surface area (Å²) in [6, 6.07) is 29.2. The molecule has 1 fully saturated rings. The van der Waals surface area contributed by atoms with Crippen LogP contribution in [-0.4, -0.2) is 79.0 Å². The van der Waals surface area contributed by atoms with E-state index in [1.165, 1.54) is 17.5 Å². The summed E-state index contributed by atoms with van der Waals surface area (Å²) in [6.07, 6.45) is 8.72. The van der Waals surface area contributed by atoms with Gasteiger partial charge in [0.1, 0.15) is 33.5 Å². The van der Waals surface area contributed by atoms with Gasteiger partial charge in [0.2, 0.25) is 5.36 Å². The van der Waals surface area contributed by atoms with E-state index in [1.807, 2.05) is 123 Å². The van der Waals surface area contributed by atoms with Gasteiger partial charge in [-0.2, -0.15) is 0 Å². The predicted molar refractivity (Wildman–Crippen MR) is 279 cm³/mol. The number of methoxy groups -OCH3 is 1. The molecule has 5 aliphatic rings. The van der Waals surface area contributed by atoms with Crippen molar-refractivity contribution in [2.45, 2.75) is 65.2 Å². The maximum atomic E-state index is 13.9. The van der Waals surface area contributed by atoms with Crippen molar-refractivity contribution in [1.29, 1.82) is 5.41 Å². The first-order valence-electron chi connectivity index (χ1n) is 22.8. The van der Waals surface area contributed by atoms with Gasteiger partial charge in [0, 0.05) is 77.3 Å². The van der Waals surface area contributed by atoms with Crippen molar-refractivity contribution in [3.05, 3.63) is 159 Å². The van der Waals surface area contributed by atoms with Gasteiger partial charge in [0.25, 0.3) is 11.8 Å². The van der Waals surface area contributed by atoms with Crippen LogP contribution in [0.5, 0.6) is 0 Å². The first-order valence-corrected chi connectivity index (χ1v) is 25.8. The molecule has 2 amide bonds. The molecule has 3 aliphatic carbocycles. The Morgan fingerprint density at radius 3 is 2.06 bits per heavy atom. The second-order valence-electron chi connectivity index (χ2n) is 19.0. The zero-order valence-electron chi connectivity index (χ0n) is 39.4. The van der Waals surface area contributed by atoms with Gasteiger partial charge in [-0.3, -0.25) is 9.59 Å². The third kappa shape index (κ3) is 8.60. The number of aryl methyl sites for hydroxylation is 1. The van der Waals surface area contributed by atoms with Gasteiger partial charge in [0.05, 0.1) is 24.5 Å². The zero-order valence-corrected chi connectivity index (χ0v) is 40.4. The van der Waals surface area contributed by atoms with Crippen molar-refractivity contribution in [2.24, 2.45) is 0 Å². The van der Waals surface area contributed by atoms with Crippen LogP contribution in [0.4, 0.5) is 11.4 Å². The Labute approximate surface area is 399 Å². The van der Waals surface area contributed by atoms with E-state index in [9.17, 15) is 14.4 Å². The molecule has 0 aromatic heterocycles. The van der Waals surface area contributed by atoms with Crippen LogP contribution in [0.3, 0.4) is 0 Å². The van der Waals surface area contributed by atoms with Gasteiger partial charge >= 0.3 is 5.97 Å². The molecule has 2 heterocycles. The summed E-state index contributed by atoms with van der Waals surface area (Å²) >= 11 is 0. The fourth-order valence-electron chi connectivity index (χ4n) is 10.1. The lowest BCUT2D eigenvalue weighted by atomic mass is 9.87. The Morgan fingerprint density at radius 2 is 1.43 bits per heavy atom. The summed E-state index contributed by atoms with van der Waals surface area (Å²) in [4.78, 5) is 43.2. The van der Waals surface area contributed by atoms with E-state index < -0.39 is 14.0 Å². The van der Waals surface area contributed by atoms with Crippen LogP contribution >= 0.6 is 0 Å². The van der Waals surface area contributed by atoms with Gasteiger partial charge in [-0.25, -0.2) is 9.37 Å². The summed E-state index contributed by atoms with van der Waals surface area (Å²) in [7, 11) is 7.10. The second-order valence-corrected chi connectivity index (χ2v) is 23.3. The van der Waals surface area contributed by atoms with Gasteiger partial charge in [-0.05, 0) is 143 Å². The quantitative estimate of drug-likeness (QED) is 0.0391. The highest BCUT2D eigenvalue weighted by Gasteiger charge is 2.40. The first kappa shape index (κ1) is 47.2. The van der Waals surface area contributed by atoms with E-state index in [0.717, 1.165) is 61.1 Å². The number of hydrogen-bond donors (Lipinski definition) is 4. The van der Waals surface area contributed by atoms with Crippen LogP contribution < -0.4 is 36.4 Å². The Bertz CT molecular complexity index is 3220. The number of anilines is 2. The number of amides is 2. The molecule has 1 saturated carbocycles. The highest BCUT2D eigenvalue weighted by Crippen LogP contribution is 2.44. The lowest BCUT2D eigenvalue weighted by molar-refractivity contribution is 0.0601. The van der Waals surface area contributed by atoms with Crippen LogP contribution in [-0.2, 0) is 4.74 Å². The number of fused-ring (bicyclic) bond motifs is 4. The predicted octanol–water partition coefficient (Wildman–Crippen LogP) is 8.87. The summed E-state index contributed by atoms with van der Waals surface area (Å²) in [5.74, 6) is -0.295. The molecule has 0 unspecified atom stereocenters. The van der Waals surface area contributed by atoms with Gasteiger partial charge in [-0.1, -0.05) is 44.8 Å². The highest BCUT2D eigenvalue weighted by molar-refractivity contribution is 6.98. The SMILES string of the molecule is C.COC(=O)c1cc(C(=O)NC2CCC(NC(=O)c3ccc(C4=C5C=CC(=N)C=C5[Si](C)(C)c5cc(N)ccc54)c(C)c3)CC2)ccc1-c1c2ccc(=[N+](C)C)cc-2oc2cc(N(C)C)ccc12. The normalized spacial score (nSPS) is 17.1. The average Bonchev–Trinajstić information content (AvgIpc) is 3.31. The number of nitrogens with one attached hydrogen (secondary N) is 3. The van der Waals surface area contributed by atoms with E-state index in [-0.39, 0.29) is 36.9 Å². The molecule has 2 aliphatic heterocycles. The number of nitrogens with two attached hydrogens (primary N) is 1. The number of esters is 1.